The molecule has 3 fully saturated rings. The van der Waals surface area contributed by atoms with Crippen molar-refractivity contribution in [3.05, 3.63) is 30.1 Å². The Balaban J connectivity index is 1.44. The minimum atomic E-state index is -0.0529. The van der Waals surface area contributed by atoms with Crippen molar-refractivity contribution in [2.24, 2.45) is 5.92 Å². The van der Waals surface area contributed by atoms with Gasteiger partial charge in [0.2, 0.25) is 5.91 Å². The van der Waals surface area contributed by atoms with E-state index in [0.717, 1.165) is 12.8 Å². The van der Waals surface area contributed by atoms with Gasteiger partial charge in [-0.05, 0) is 44.2 Å². The first-order chi connectivity index (χ1) is 11.7. The van der Waals surface area contributed by atoms with Crippen LogP contribution in [0.15, 0.2) is 24.5 Å². The number of carbonyl (C=O) groups excluding carboxylic acids is 2. The second kappa shape index (κ2) is 6.51. The predicted octanol–water partition coefficient (Wildman–Crippen LogP) is 1.37. The number of rotatable bonds is 3. The molecule has 2 saturated carbocycles. The largest absolute Gasteiger partial charge is 0.374 e. The second-order valence-corrected chi connectivity index (χ2v) is 7.02. The topological polar surface area (TPSA) is 71.5 Å². The molecule has 0 bridgehead atoms. The van der Waals surface area contributed by atoms with Crippen molar-refractivity contribution >= 4 is 11.8 Å². The molecule has 1 N–H and O–H groups in total. The van der Waals surface area contributed by atoms with Crippen LogP contribution >= 0.6 is 0 Å². The summed E-state index contributed by atoms with van der Waals surface area (Å²) in [7, 11) is 0. The summed E-state index contributed by atoms with van der Waals surface area (Å²) in [6.45, 7) is 1.11. The molecule has 0 spiro atoms. The van der Waals surface area contributed by atoms with E-state index >= 15 is 0 Å². The number of nitrogens with one attached hydrogen (secondary N) is 1. The maximum Gasteiger partial charge on any atom is 0.255 e. The van der Waals surface area contributed by atoms with E-state index in [1.165, 1.54) is 6.42 Å². The minimum Gasteiger partial charge on any atom is -0.374 e. The van der Waals surface area contributed by atoms with Crippen molar-refractivity contribution in [1.82, 2.24) is 15.2 Å². The van der Waals surface area contributed by atoms with Gasteiger partial charge in [-0.3, -0.25) is 14.6 Å². The average Bonchev–Trinajstić information content (AvgIpc) is 3.02. The van der Waals surface area contributed by atoms with Gasteiger partial charge in [0.1, 0.15) is 0 Å². The molecule has 2 heterocycles. The van der Waals surface area contributed by atoms with Crippen LogP contribution in [0.5, 0.6) is 0 Å². The molecule has 3 atom stereocenters. The molecular formula is C18H23N3O3. The third-order valence-electron chi connectivity index (χ3n) is 5.53. The number of pyridine rings is 1. The highest BCUT2D eigenvalue weighted by Crippen LogP contribution is 2.35. The monoisotopic (exact) mass is 329 g/mol. The zero-order valence-corrected chi connectivity index (χ0v) is 13.7. The highest BCUT2D eigenvalue weighted by Gasteiger charge is 2.45. The molecule has 6 nitrogen and oxygen atoms in total. The van der Waals surface area contributed by atoms with E-state index < -0.39 is 0 Å². The van der Waals surface area contributed by atoms with E-state index in [2.05, 4.69) is 10.3 Å². The Kier molecular flexibility index (Phi) is 4.22. The fraction of sp³-hybridized carbons (Fsp3) is 0.611. The maximum atomic E-state index is 12.8. The van der Waals surface area contributed by atoms with Crippen molar-refractivity contribution in [1.29, 1.82) is 0 Å². The average molecular weight is 329 g/mol. The summed E-state index contributed by atoms with van der Waals surface area (Å²) in [5.74, 6) is 0.0656. The molecule has 24 heavy (non-hydrogen) atoms. The molecule has 1 aromatic rings. The van der Waals surface area contributed by atoms with E-state index in [1.807, 2.05) is 4.90 Å². The molecule has 3 aliphatic rings. The van der Waals surface area contributed by atoms with Gasteiger partial charge >= 0.3 is 0 Å². The number of carbonyl (C=O) groups is 2. The van der Waals surface area contributed by atoms with Gasteiger partial charge in [-0.15, -0.1) is 0 Å². The van der Waals surface area contributed by atoms with Crippen LogP contribution in [0.2, 0.25) is 0 Å². The quantitative estimate of drug-likeness (QED) is 0.909. The predicted molar refractivity (Wildman–Crippen MR) is 87.3 cm³/mol. The van der Waals surface area contributed by atoms with E-state index in [9.17, 15) is 9.59 Å². The van der Waals surface area contributed by atoms with Crippen molar-refractivity contribution in [3.8, 4) is 0 Å². The SMILES string of the molecule is O=C(NC1CCC1)[C@H]1C[C@@H]2[C@@H](C1)OCCN2C(=O)c1cccnc1. The summed E-state index contributed by atoms with van der Waals surface area (Å²) in [6.07, 6.45) is 8.02. The van der Waals surface area contributed by atoms with Crippen LogP contribution in [0, 0.1) is 5.92 Å². The normalized spacial score (nSPS) is 29.7. The van der Waals surface area contributed by atoms with Crippen LogP contribution in [0.25, 0.3) is 0 Å². The number of aromatic nitrogens is 1. The molecule has 2 amide bonds. The van der Waals surface area contributed by atoms with Crippen molar-refractivity contribution < 1.29 is 14.3 Å². The molecule has 0 aromatic carbocycles. The Morgan fingerprint density at radius 3 is 2.88 bits per heavy atom. The number of amides is 2. The Bertz CT molecular complexity index is 617. The molecule has 1 saturated heterocycles. The second-order valence-electron chi connectivity index (χ2n) is 7.02. The first kappa shape index (κ1) is 15.6. The van der Waals surface area contributed by atoms with Crippen LogP contribution < -0.4 is 5.32 Å². The molecule has 0 unspecified atom stereocenters. The standard InChI is InChI=1S/C18H23N3O3/c22-17(20-14-4-1-5-14)13-9-15-16(10-13)24-8-7-21(15)18(23)12-3-2-6-19-11-12/h2-3,6,11,13-16H,1,4-5,7-10H2,(H,20,22)/t13-,15+,16+/m0/s1. The number of morpholine rings is 1. The summed E-state index contributed by atoms with van der Waals surface area (Å²) in [5.41, 5.74) is 0.598. The van der Waals surface area contributed by atoms with Crippen molar-refractivity contribution in [3.63, 3.8) is 0 Å². The fourth-order valence-corrected chi connectivity index (χ4v) is 3.95. The number of hydrogen-bond donors (Lipinski definition) is 1. The Morgan fingerprint density at radius 2 is 2.17 bits per heavy atom. The summed E-state index contributed by atoms with van der Waals surface area (Å²) in [4.78, 5) is 31.2. The zero-order chi connectivity index (χ0) is 16.5. The lowest BCUT2D eigenvalue weighted by Gasteiger charge is -2.37. The molecule has 6 heteroatoms. The van der Waals surface area contributed by atoms with Gasteiger partial charge in [-0.2, -0.15) is 0 Å². The molecule has 4 rings (SSSR count). The zero-order valence-electron chi connectivity index (χ0n) is 13.7. The van der Waals surface area contributed by atoms with Crippen LogP contribution in [-0.2, 0) is 9.53 Å². The highest BCUT2D eigenvalue weighted by atomic mass is 16.5. The van der Waals surface area contributed by atoms with Crippen LogP contribution in [0.1, 0.15) is 42.5 Å². The minimum absolute atomic E-state index is 0.0106. The number of nitrogens with zero attached hydrogens (tertiary/aromatic N) is 2. The lowest BCUT2D eigenvalue weighted by molar-refractivity contribution is -0.126. The lowest BCUT2D eigenvalue weighted by Crippen LogP contribution is -2.51. The summed E-state index contributed by atoms with van der Waals surface area (Å²) in [6, 6.07) is 3.90. The summed E-state index contributed by atoms with van der Waals surface area (Å²) < 4.78 is 5.85. The Morgan fingerprint density at radius 1 is 1.29 bits per heavy atom. The maximum absolute atomic E-state index is 12.8. The van der Waals surface area contributed by atoms with Crippen LogP contribution in [-0.4, -0.2) is 53.0 Å². The van der Waals surface area contributed by atoms with Gasteiger partial charge in [-0.1, -0.05) is 0 Å². The van der Waals surface area contributed by atoms with E-state index in [1.54, 1.807) is 24.5 Å². The smallest absolute Gasteiger partial charge is 0.255 e. The highest BCUT2D eigenvalue weighted by molar-refractivity contribution is 5.94. The lowest BCUT2D eigenvalue weighted by atomic mass is 9.92. The number of fused-ring (bicyclic) bond motifs is 1. The van der Waals surface area contributed by atoms with Gasteiger partial charge < -0.3 is 15.0 Å². The number of ether oxygens (including phenoxy) is 1. The fourth-order valence-electron chi connectivity index (χ4n) is 3.95. The first-order valence-electron chi connectivity index (χ1n) is 8.85. The van der Waals surface area contributed by atoms with E-state index in [-0.39, 0.29) is 29.9 Å². The van der Waals surface area contributed by atoms with E-state index in [0.29, 0.717) is 37.6 Å². The van der Waals surface area contributed by atoms with Gasteiger partial charge in [0.15, 0.2) is 0 Å². The van der Waals surface area contributed by atoms with Gasteiger partial charge in [-0.25, -0.2) is 0 Å². The van der Waals surface area contributed by atoms with Gasteiger partial charge in [0.25, 0.3) is 5.91 Å². The van der Waals surface area contributed by atoms with E-state index in [4.69, 9.17) is 4.74 Å². The number of hydrogen-bond acceptors (Lipinski definition) is 4. The molecule has 1 aliphatic heterocycles. The molecule has 2 aliphatic carbocycles. The van der Waals surface area contributed by atoms with Gasteiger partial charge in [0.05, 0.1) is 24.3 Å². The molecule has 1 aromatic heterocycles. The summed E-state index contributed by atoms with van der Waals surface area (Å²) >= 11 is 0. The molecule has 0 radical (unpaired) electrons. The van der Waals surface area contributed by atoms with Crippen LogP contribution in [0.4, 0.5) is 0 Å². The Labute approximate surface area is 141 Å². The van der Waals surface area contributed by atoms with Gasteiger partial charge in [0, 0.05) is 30.9 Å². The molecule has 128 valence electrons. The third-order valence-corrected chi connectivity index (χ3v) is 5.53. The van der Waals surface area contributed by atoms with Crippen molar-refractivity contribution in [2.45, 2.75) is 50.3 Å². The summed E-state index contributed by atoms with van der Waals surface area (Å²) in [5, 5.41) is 3.14. The third kappa shape index (κ3) is 2.90. The van der Waals surface area contributed by atoms with Crippen LogP contribution in [0.3, 0.4) is 0 Å². The Hall–Kier alpha value is -1.95. The molecular weight excluding hydrogens is 306 g/mol. The first-order valence-corrected chi connectivity index (χ1v) is 8.85. The van der Waals surface area contributed by atoms with Crippen molar-refractivity contribution in [2.75, 3.05) is 13.2 Å².